The number of hydrogen-bond donors (Lipinski definition) is 2. The van der Waals surface area contributed by atoms with E-state index in [4.69, 9.17) is 5.11 Å². The summed E-state index contributed by atoms with van der Waals surface area (Å²) >= 11 is 1.33. The van der Waals surface area contributed by atoms with Crippen molar-refractivity contribution in [3.8, 4) is 11.8 Å². The first-order chi connectivity index (χ1) is 9.67. The molecule has 0 spiro atoms. The van der Waals surface area contributed by atoms with Crippen molar-refractivity contribution in [2.45, 2.75) is 25.0 Å². The second kappa shape index (κ2) is 7.07. The maximum Gasteiger partial charge on any atom is 0.252 e. The highest BCUT2D eigenvalue weighted by molar-refractivity contribution is 7.92. The van der Waals surface area contributed by atoms with Gasteiger partial charge >= 0.3 is 0 Å². The SMILES string of the molecule is CC(C)(CNC(=O)c1csc(C#CCCO)c1)S(C)(=O)=O. The van der Waals surface area contributed by atoms with Crippen LogP contribution in [0, 0.1) is 11.8 Å². The molecule has 0 fully saturated rings. The smallest absolute Gasteiger partial charge is 0.252 e. The van der Waals surface area contributed by atoms with Crippen molar-refractivity contribution in [1.82, 2.24) is 5.32 Å². The minimum absolute atomic E-state index is 0.00624. The molecule has 1 amide bonds. The van der Waals surface area contributed by atoms with E-state index in [0.29, 0.717) is 12.0 Å². The van der Waals surface area contributed by atoms with Crippen molar-refractivity contribution in [3.63, 3.8) is 0 Å². The molecule has 0 aliphatic rings. The molecule has 0 saturated heterocycles. The Morgan fingerprint density at radius 3 is 2.71 bits per heavy atom. The Morgan fingerprint density at radius 1 is 1.48 bits per heavy atom. The first kappa shape index (κ1) is 17.7. The third-order valence-corrected chi connectivity index (χ3v) is 5.99. The highest BCUT2D eigenvalue weighted by Crippen LogP contribution is 2.16. The fraction of sp³-hybridized carbons (Fsp3) is 0.500. The van der Waals surface area contributed by atoms with Gasteiger partial charge in [-0.15, -0.1) is 11.3 Å². The molecule has 0 radical (unpaired) electrons. The van der Waals surface area contributed by atoms with Crippen LogP contribution in [0.15, 0.2) is 11.4 Å². The molecule has 5 nitrogen and oxygen atoms in total. The van der Waals surface area contributed by atoms with Gasteiger partial charge in [0.25, 0.3) is 5.91 Å². The molecule has 0 aliphatic carbocycles. The van der Waals surface area contributed by atoms with Crippen LogP contribution in [0.3, 0.4) is 0 Å². The van der Waals surface area contributed by atoms with E-state index in [1.165, 1.54) is 11.3 Å². The van der Waals surface area contributed by atoms with Crippen LogP contribution < -0.4 is 5.32 Å². The largest absolute Gasteiger partial charge is 0.395 e. The van der Waals surface area contributed by atoms with Gasteiger partial charge in [0.15, 0.2) is 9.84 Å². The van der Waals surface area contributed by atoms with Gasteiger partial charge in [0.1, 0.15) is 0 Å². The van der Waals surface area contributed by atoms with E-state index < -0.39 is 14.6 Å². The van der Waals surface area contributed by atoms with E-state index in [-0.39, 0.29) is 19.1 Å². The second-order valence-electron chi connectivity index (χ2n) is 5.19. The van der Waals surface area contributed by atoms with Crippen LogP contribution in [0.5, 0.6) is 0 Å². The standard InChI is InChI=1S/C14H19NO4S2/c1-14(2,21(3,18)19)10-15-13(17)11-8-12(20-9-11)6-4-5-7-16/h8-9,16H,5,7,10H2,1-3H3,(H,15,17). The number of rotatable bonds is 5. The number of aliphatic hydroxyl groups excluding tert-OH is 1. The maximum absolute atomic E-state index is 12.0. The molecule has 1 aromatic rings. The van der Waals surface area contributed by atoms with Crippen LogP contribution in [0.25, 0.3) is 0 Å². The first-order valence-corrected chi connectivity index (χ1v) is 9.10. The van der Waals surface area contributed by atoms with Crippen molar-refractivity contribution >= 4 is 27.1 Å². The third-order valence-electron chi connectivity index (χ3n) is 2.99. The van der Waals surface area contributed by atoms with Crippen LogP contribution >= 0.6 is 11.3 Å². The molecule has 0 aliphatic heterocycles. The average molecular weight is 329 g/mol. The van der Waals surface area contributed by atoms with Gasteiger partial charge in [0.2, 0.25) is 0 Å². The Labute approximate surface area is 129 Å². The molecule has 0 aromatic carbocycles. The molecule has 0 saturated carbocycles. The molecule has 1 aromatic heterocycles. The summed E-state index contributed by atoms with van der Waals surface area (Å²) in [5.74, 6) is 5.31. The molecule has 2 N–H and O–H groups in total. The summed E-state index contributed by atoms with van der Waals surface area (Å²) in [5, 5.41) is 12.9. The van der Waals surface area contributed by atoms with Crippen LogP contribution in [-0.4, -0.2) is 43.6 Å². The number of carbonyl (C=O) groups excluding carboxylic acids is 1. The lowest BCUT2D eigenvalue weighted by Gasteiger charge is -2.22. The average Bonchev–Trinajstić information content (AvgIpc) is 2.84. The molecule has 1 heterocycles. The lowest BCUT2D eigenvalue weighted by Crippen LogP contribution is -2.43. The second-order valence-corrected chi connectivity index (χ2v) is 8.75. The van der Waals surface area contributed by atoms with Gasteiger partial charge in [-0.3, -0.25) is 4.79 Å². The van der Waals surface area contributed by atoms with Gasteiger partial charge in [-0.05, 0) is 19.9 Å². The Balaban J connectivity index is 2.68. The van der Waals surface area contributed by atoms with Gasteiger partial charge in [-0.2, -0.15) is 0 Å². The van der Waals surface area contributed by atoms with Gasteiger partial charge < -0.3 is 10.4 Å². The number of thiophene rings is 1. The minimum atomic E-state index is -3.25. The van der Waals surface area contributed by atoms with E-state index >= 15 is 0 Å². The monoisotopic (exact) mass is 329 g/mol. The van der Waals surface area contributed by atoms with Crippen LogP contribution in [0.2, 0.25) is 0 Å². The Morgan fingerprint density at radius 2 is 2.14 bits per heavy atom. The third kappa shape index (κ3) is 5.16. The molecular formula is C14H19NO4S2. The van der Waals surface area contributed by atoms with E-state index in [2.05, 4.69) is 17.2 Å². The van der Waals surface area contributed by atoms with Crippen molar-refractivity contribution in [1.29, 1.82) is 0 Å². The number of hydrogen-bond acceptors (Lipinski definition) is 5. The lowest BCUT2D eigenvalue weighted by atomic mass is 10.2. The van der Waals surface area contributed by atoms with E-state index in [9.17, 15) is 13.2 Å². The molecule has 21 heavy (non-hydrogen) atoms. The number of sulfone groups is 1. The van der Waals surface area contributed by atoms with Gasteiger partial charge in [0.05, 0.1) is 21.8 Å². The summed E-state index contributed by atoms with van der Waals surface area (Å²) in [6, 6.07) is 1.65. The topological polar surface area (TPSA) is 83.5 Å². The van der Waals surface area contributed by atoms with Gasteiger partial charge in [0, 0.05) is 24.6 Å². The van der Waals surface area contributed by atoms with E-state index in [0.717, 1.165) is 11.1 Å². The Bertz CT molecular complexity index is 663. The molecule has 0 bridgehead atoms. The lowest BCUT2D eigenvalue weighted by molar-refractivity contribution is 0.0951. The minimum Gasteiger partial charge on any atom is -0.395 e. The Kier molecular flexibility index (Phi) is 5.96. The highest BCUT2D eigenvalue weighted by Gasteiger charge is 2.30. The van der Waals surface area contributed by atoms with Crippen molar-refractivity contribution in [2.24, 2.45) is 0 Å². The van der Waals surface area contributed by atoms with Crippen molar-refractivity contribution in [2.75, 3.05) is 19.4 Å². The van der Waals surface area contributed by atoms with Gasteiger partial charge in [-0.25, -0.2) is 8.42 Å². The van der Waals surface area contributed by atoms with Crippen LogP contribution in [0.1, 0.15) is 35.5 Å². The number of aliphatic hydroxyl groups is 1. The molecule has 7 heteroatoms. The zero-order valence-electron chi connectivity index (χ0n) is 12.3. The van der Waals surface area contributed by atoms with Crippen molar-refractivity contribution in [3.05, 3.63) is 21.9 Å². The zero-order chi connectivity index (χ0) is 16.1. The molecule has 116 valence electrons. The predicted molar refractivity (Wildman–Crippen MR) is 84.2 cm³/mol. The maximum atomic E-state index is 12.0. The molecule has 0 unspecified atom stereocenters. The summed E-state index contributed by atoms with van der Waals surface area (Å²) in [6.07, 6.45) is 1.54. The zero-order valence-corrected chi connectivity index (χ0v) is 13.9. The fourth-order valence-corrected chi connectivity index (χ4v) is 2.34. The molecular weight excluding hydrogens is 310 g/mol. The predicted octanol–water partition coefficient (Wildman–Crippen LogP) is 1.04. The summed E-state index contributed by atoms with van der Waals surface area (Å²) in [5.41, 5.74) is 0.456. The summed E-state index contributed by atoms with van der Waals surface area (Å²) in [7, 11) is -3.25. The molecule has 1 rings (SSSR count). The first-order valence-electron chi connectivity index (χ1n) is 6.33. The number of amides is 1. The number of carbonyl (C=O) groups is 1. The highest BCUT2D eigenvalue weighted by atomic mass is 32.2. The molecule has 0 atom stereocenters. The Hall–Kier alpha value is -1.36. The van der Waals surface area contributed by atoms with Crippen LogP contribution in [-0.2, 0) is 9.84 Å². The quantitative estimate of drug-likeness (QED) is 0.791. The summed E-state index contributed by atoms with van der Waals surface area (Å²) < 4.78 is 22.1. The van der Waals surface area contributed by atoms with Crippen LogP contribution in [0.4, 0.5) is 0 Å². The van der Waals surface area contributed by atoms with Gasteiger partial charge in [-0.1, -0.05) is 11.8 Å². The van der Waals surface area contributed by atoms with E-state index in [1.807, 2.05) is 0 Å². The number of nitrogens with one attached hydrogen (secondary N) is 1. The summed E-state index contributed by atoms with van der Waals surface area (Å²) in [6.45, 7) is 3.20. The van der Waals surface area contributed by atoms with Crippen molar-refractivity contribution < 1.29 is 18.3 Å². The fourth-order valence-electron chi connectivity index (χ4n) is 1.25. The normalized spacial score (nSPS) is 11.6. The summed E-state index contributed by atoms with van der Waals surface area (Å²) in [4.78, 5) is 12.7. The van der Waals surface area contributed by atoms with E-state index in [1.54, 1.807) is 25.3 Å².